The Morgan fingerprint density at radius 2 is 0.605 bits per heavy atom. The van der Waals surface area contributed by atoms with Crippen LogP contribution in [0, 0.1) is 0 Å². The lowest BCUT2D eigenvalue weighted by Gasteiger charge is -2.48. The highest BCUT2D eigenvalue weighted by molar-refractivity contribution is 5.76. The Balaban J connectivity index is 1.34. The summed E-state index contributed by atoms with van der Waals surface area (Å²) in [6, 6.07) is -0.907. The highest BCUT2D eigenvalue weighted by atomic mass is 16.8. The predicted molar refractivity (Wildman–Crippen MR) is 461 cm³/mol. The first-order valence-electron chi connectivity index (χ1n) is 45.8. The molecule has 3 fully saturated rings. The van der Waals surface area contributed by atoms with Gasteiger partial charge >= 0.3 is 0 Å². The second-order valence-corrected chi connectivity index (χ2v) is 32.0. The maximum absolute atomic E-state index is 13.5. The number of rotatable bonds is 73. The van der Waals surface area contributed by atoms with Crippen molar-refractivity contribution in [2.75, 3.05) is 26.4 Å². The Morgan fingerprint density at radius 3 is 0.947 bits per heavy atom. The summed E-state index contributed by atoms with van der Waals surface area (Å²) in [4.78, 5) is 13.5. The highest BCUT2D eigenvalue weighted by Crippen LogP contribution is 2.34. The second kappa shape index (κ2) is 73.1. The number of carbonyl (C=O) groups is 1. The minimum Gasteiger partial charge on any atom is -0.394 e. The molecule has 0 aromatic rings. The maximum Gasteiger partial charge on any atom is 0.220 e. The van der Waals surface area contributed by atoms with Crippen LogP contribution in [0.3, 0.4) is 0 Å². The topological polar surface area (TPSA) is 307 Å². The number of hydrogen-bond acceptors (Lipinski definition) is 18. The molecule has 0 aliphatic carbocycles. The van der Waals surface area contributed by atoms with E-state index in [0.717, 1.165) is 128 Å². The van der Waals surface area contributed by atoms with Gasteiger partial charge in [0.2, 0.25) is 5.91 Å². The molecule has 0 aromatic heterocycles. The van der Waals surface area contributed by atoms with E-state index in [1.165, 1.54) is 180 Å². The lowest BCUT2D eigenvalue weighted by atomic mass is 9.96. The number of allylic oxidation sites excluding steroid dienone is 20. The maximum atomic E-state index is 13.5. The van der Waals surface area contributed by atoms with E-state index in [9.17, 15) is 61.0 Å². The molecule has 3 aliphatic heterocycles. The molecule has 17 atom stereocenters. The van der Waals surface area contributed by atoms with E-state index in [1.54, 1.807) is 0 Å². The summed E-state index contributed by atoms with van der Waals surface area (Å²) in [6.45, 7) is 1.71. The van der Waals surface area contributed by atoms with Crippen LogP contribution >= 0.6 is 0 Å². The van der Waals surface area contributed by atoms with Crippen molar-refractivity contribution < 1.29 is 89.4 Å². The van der Waals surface area contributed by atoms with Gasteiger partial charge in [0.25, 0.3) is 0 Å². The van der Waals surface area contributed by atoms with E-state index in [1.807, 2.05) is 0 Å². The third kappa shape index (κ3) is 51.0. The summed E-state index contributed by atoms with van der Waals surface area (Å²) in [6.07, 6.45) is 77.2. The summed E-state index contributed by atoms with van der Waals surface area (Å²) in [5.41, 5.74) is 0. The zero-order valence-corrected chi connectivity index (χ0v) is 71.0. The lowest BCUT2D eigenvalue weighted by Crippen LogP contribution is -2.66. The van der Waals surface area contributed by atoms with Gasteiger partial charge in [0.05, 0.1) is 38.6 Å². The third-order valence-corrected chi connectivity index (χ3v) is 22.1. The number of unbranched alkanes of at least 4 members (excludes halogenated alkanes) is 37. The molecule has 3 aliphatic rings. The van der Waals surface area contributed by atoms with Crippen LogP contribution in [-0.2, 0) is 33.2 Å². The highest BCUT2D eigenvalue weighted by Gasteiger charge is 2.54. The number of amides is 1. The van der Waals surface area contributed by atoms with Crippen molar-refractivity contribution in [3.8, 4) is 0 Å². The van der Waals surface area contributed by atoms with Crippen molar-refractivity contribution in [1.82, 2.24) is 5.32 Å². The van der Waals surface area contributed by atoms with Crippen molar-refractivity contribution in [3.05, 3.63) is 122 Å². The fraction of sp³-hybridized carbons (Fsp3) is 0.779. The molecular weight excluding hydrogens is 1440 g/mol. The molecule has 0 saturated carbocycles. The van der Waals surface area contributed by atoms with Crippen LogP contribution in [0.1, 0.15) is 341 Å². The van der Waals surface area contributed by atoms with Crippen molar-refractivity contribution in [2.24, 2.45) is 0 Å². The standard InChI is InChI=1S/C95H165NO18/c1-3-5-7-9-11-13-15-17-19-21-23-25-27-29-31-33-35-37-38-39-40-41-43-45-47-49-51-53-55-57-59-61-63-65-67-69-71-73-83(101)96-78(79(100)72-70-68-66-64-62-60-58-56-54-52-50-48-46-44-42-36-34-32-30-28-26-24-22-20-18-16-14-12-10-8-6-4-2)77-109-93-89(107)86(104)91(81(75-98)111-93)114-95-90(108)87(105)92(82(76-99)112-95)113-94-88(106)85(103)84(102)80(74-97)110-94/h5,7,11,13,17,19,23,25,29,31,35,37,39-40,43,45,49,51,55,57,78-82,84-95,97-100,102-108H,3-4,6,8-10,12,14-16,18,20-22,24,26-28,30,32-34,36,38,41-42,44,46-48,50,52-54,56,58-77H2,1-2H3,(H,96,101)/b7-5-,13-11-,19-17-,25-23-,31-29-,37-35-,40-39-,45-43-,51-49-,57-55-. The fourth-order valence-electron chi connectivity index (χ4n) is 14.8. The largest absolute Gasteiger partial charge is 0.394 e. The Morgan fingerprint density at radius 1 is 0.325 bits per heavy atom. The van der Waals surface area contributed by atoms with Crippen LogP contribution < -0.4 is 5.32 Å². The molecule has 0 bridgehead atoms. The van der Waals surface area contributed by atoms with Crippen LogP contribution in [0.4, 0.5) is 0 Å². The number of nitrogens with one attached hydrogen (secondary N) is 1. The van der Waals surface area contributed by atoms with Gasteiger partial charge < -0.3 is 89.9 Å². The fourth-order valence-corrected chi connectivity index (χ4v) is 14.8. The summed E-state index contributed by atoms with van der Waals surface area (Å²) >= 11 is 0. The molecule has 658 valence electrons. The molecule has 19 heteroatoms. The average molecular weight is 1610 g/mol. The zero-order valence-electron chi connectivity index (χ0n) is 71.0. The van der Waals surface area contributed by atoms with Crippen molar-refractivity contribution in [1.29, 1.82) is 0 Å². The molecule has 3 heterocycles. The Bertz CT molecular complexity index is 2530. The van der Waals surface area contributed by atoms with Crippen molar-refractivity contribution >= 4 is 5.91 Å². The molecule has 114 heavy (non-hydrogen) atoms. The van der Waals surface area contributed by atoms with Crippen LogP contribution in [0.5, 0.6) is 0 Å². The van der Waals surface area contributed by atoms with Gasteiger partial charge in [-0.05, 0) is 89.9 Å². The number of carbonyl (C=O) groups excluding carboxylic acids is 1. The van der Waals surface area contributed by atoms with E-state index in [-0.39, 0.29) is 18.9 Å². The van der Waals surface area contributed by atoms with Crippen LogP contribution in [0.15, 0.2) is 122 Å². The monoisotopic (exact) mass is 1610 g/mol. The lowest BCUT2D eigenvalue weighted by molar-refractivity contribution is -0.379. The Kier molecular flexibility index (Phi) is 67.0. The van der Waals surface area contributed by atoms with Gasteiger partial charge in [-0.1, -0.05) is 367 Å². The minimum absolute atomic E-state index is 0.242. The number of ether oxygens (including phenoxy) is 6. The Labute approximate surface area is 690 Å². The molecule has 12 N–H and O–H groups in total. The van der Waals surface area contributed by atoms with E-state index in [2.05, 4.69) is 141 Å². The van der Waals surface area contributed by atoms with E-state index in [4.69, 9.17) is 28.4 Å². The first-order chi connectivity index (χ1) is 55.8. The number of hydrogen-bond donors (Lipinski definition) is 12. The molecule has 0 aromatic carbocycles. The van der Waals surface area contributed by atoms with Gasteiger partial charge in [-0.2, -0.15) is 0 Å². The van der Waals surface area contributed by atoms with E-state index >= 15 is 0 Å². The first-order valence-corrected chi connectivity index (χ1v) is 45.8. The number of aliphatic hydroxyl groups is 11. The average Bonchev–Trinajstić information content (AvgIpc) is 0.777. The van der Waals surface area contributed by atoms with E-state index in [0.29, 0.717) is 12.8 Å². The molecule has 19 nitrogen and oxygen atoms in total. The Hall–Kier alpha value is -3.81. The molecule has 1 amide bonds. The summed E-state index contributed by atoms with van der Waals surface area (Å²) < 4.78 is 34.6. The summed E-state index contributed by atoms with van der Waals surface area (Å²) in [5.74, 6) is -0.258. The quantitative estimate of drug-likeness (QED) is 0.0199. The van der Waals surface area contributed by atoms with Gasteiger partial charge in [-0.3, -0.25) is 4.79 Å². The second-order valence-electron chi connectivity index (χ2n) is 32.0. The van der Waals surface area contributed by atoms with Crippen molar-refractivity contribution in [3.63, 3.8) is 0 Å². The van der Waals surface area contributed by atoms with Crippen LogP contribution in [-0.4, -0.2) is 193 Å². The molecule has 17 unspecified atom stereocenters. The molecule has 3 rings (SSSR count). The van der Waals surface area contributed by atoms with Gasteiger partial charge in [-0.15, -0.1) is 0 Å². The number of aliphatic hydroxyl groups excluding tert-OH is 11. The summed E-state index contributed by atoms with van der Waals surface area (Å²) in [5, 5.41) is 121. The van der Waals surface area contributed by atoms with Crippen molar-refractivity contribution in [2.45, 2.75) is 446 Å². The summed E-state index contributed by atoms with van der Waals surface area (Å²) in [7, 11) is 0. The van der Waals surface area contributed by atoms with Crippen LogP contribution in [0.25, 0.3) is 0 Å². The van der Waals surface area contributed by atoms with Gasteiger partial charge in [0, 0.05) is 6.42 Å². The van der Waals surface area contributed by atoms with Crippen LogP contribution in [0.2, 0.25) is 0 Å². The molecule has 0 radical (unpaired) electrons. The van der Waals surface area contributed by atoms with Gasteiger partial charge in [0.1, 0.15) is 73.2 Å². The smallest absolute Gasteiger partial charge is 0.220 e. The molecular formula is C95H165NO18. The third-order valence-electron chi connectivity index (χ3n) is 22.1. The normalized spacial score (nSPS) is 25.3. The predicted octanol–water partition coefficient (Wildman–Crippen LogP) is 17.8. The van der Waals surface area contributed by atoms with E-state index < -0.39 is 124 Å². The molecule has 3 saturated heterocycles. The van der Waals surface area contributed by atoms with Gasteiger partial charge in [-0.25, -0.2) is 0 Å². The first kappa shape index (κ1) is 104. The molecule has 0 spiro atoms. The minimum atomic E-state index is -1.98. The zero-order chi connectivity index (χ0) is 82.4. The van der Waals surface area contributed by atoms with Gasteiger partial charge in [0.15, 0.2) is 18.9 Å². The SMILES string of the molecule is CC/C=C\C/C=C\C/C=C\C/C=C\C/C=C\C/C=C\C/C=C\C/C=C\C/C=C\C/C=C\CCCCCCCCC(=O)NC(COC1OC(CO)C(OC2OC(CO)C(OC3OC(CO)C(O)C(O)C3O)C(O)C2O)C(O)C1O)C(O)CCCCCCCCCCCCCCCCCCCCCCCCCCCCCCCCCC.